The molecule has 1 N–H and O–H groups in total. The normalized spacial score (nSPS) is 24.5. The number of carbonyl (C=O) groups is 1. The third kappa shape index (κ3) is 4.48. The van der Waals surface area contributed by atoms with Gasteiger partial charge in [0.05, 0.1) is 0 Å². The van der Waals surface area contributed by atoms with Crippen LogP contribution in [0.25, 0.3) is 0 Å². The van der Waals surface area contributed by atoms with Gasteiger partial charge >= 0.3 is 0 Å². The number of H-pyrrole nitrogens is 1. The molecule has 1 spiro atoms. The van der Waals surface area contributed by atoms with Crippen LogP contribution < -0.4 is 0 Å². The number of aromatic amines is 1. The zero-order valence-corrected chi connectivity index (χ0v) is 17.1. The van der Waals surface area contributed by atoms with Gasteiger partial charge in [0.2, 0.25) is 5.91 Å². The lowest BCUT2D eigenvalue weighted by Gasteiger charge is -2.42. The number of piperidine rings is 1. The lowest BCUT2D eigenvalue weighted by atomic mass is 9.78. The second-order valence-corrected chi connectivity index (χ2v) is 9.50. The third-order valence-corrected chi connectivity index (χ3v) is 5.95. The van der Waals surface area contributed by atoms with Crippen LogP contribution in [0.4, 0.5) is 0 Å². The molecule has 3 rings (SSSR count). The van der Waals surface area contributed by atoms with Gasteiger partial charge in [-0.15, -0.1) is 0 Å². The Hall–Kier alpha value is -1.36. The second-order valence-electron chi connectivity index (χ2n) is 9.50. The van der Waals surface area contributed by atoms with E-state index >= 15 is 0 Å². The summed E-state index contributed by atoms with van der Waals surface area (Å²) >= 11 is 0. The van der Waals surface area contributed by atoms with Crippen molar-refractivity contribution in [3.8, 4) is 0 Å². The molecule has 5 nitrogen and oxygen atoms in total. The van der Waals surface area contributed by atoms with E-state index in [0.717, 1.165) is 51.4 Å². The minimum atomic E-state index is -0.276. The molecule has 1 aromatic heterocycles. The van der Waals surface area contributed by atoms with E-state index in [1.807, 2.05) is 27.0 Å². The Labute approximate surface area is 158 Å². The summed E-state index contributed by atoms with van der Waals surface area (Å²) in [6.45, 7) is 13.4. The molecule has 0 bridgehead atoms. The molecule has 2 aliphatic rings. The largest absolute Gasteiger partial charge is 0.345 e. The van der Waals surface area contributed by atoms with E-state index in [4.69, 9.17) is 0 Å². The molecule has 3 heterocycles. The summed E-state index contributed by atoms with van der Waals surface area (Å²) in [7, 11) is 0. The predicted molar refractivity (Wildman–Crippen MR) is 105 cm³/mol. The van der Waals surface area contributed by atoms with Crippen LogP contribution in [0.15, 0.2) is 6.20 Å². The Morgan fingerprint density at radius 1 is 1.27 bits per heavy atom. The van der Waals surface area contributed by atoms with Crippen LogP contribution in [0, 0.1) is 10.8 Å². The van der Waals surface area contributed by atoms with Crippen molar-refractivity contribution in [3.63, 3.8) is 0 Å². The molecular weight excluding hydrogens is 324 g/mol. The minimum Gasteiger partial charge on any atom is -0.345 e. The van der Waals surface area contributed by atoms with Gasteiger partial charge in [0.1, 0.15) is 5.82 Å². The van der Waals surface area contributed by atoms with Crippen LogP contribution >= 0.6 is 0 Å². The van der Waals surface area contributed by atoms with Gasteiger partial charge in [0.25, 0.3) is 0 Å². The van der Waals surface area contributed by atoms with Crippen LogP contribution in [0.3, 0.4) is 0 Å². The number of aromatic nitrogens is 2. The summed E-state index contributed by atoms with van der Waals surface area (Å²) in [6, 6.07) is 0. The highest BCUT2D eigenvalue weighted by Crippen LogP contribution is 2.40. The van der Waals surface area contributed by atoms with Crippen molar-refractivity contribution in [3.05, 3.63) is 17.7 Å². The van der Waals surface area contributed by atoms with Crippen LogP contribution in [-0.2, 0) is 17.8 Å². The quantitative estimate of drug-likeness (QED) is 0.873. The fourth-order valence-corrected chi connectivity index (χ4v) is 4.55. The Morgan fingerprint density at radius 3 is 2.81 bits per heavy atom. The summed E-state index contributed by atoms with van der Waals surface area (Å²) in [5.74, 6) is 1.43. The molecule has 1 amide bonds. The average Bonchev–Trinajstić information content (AvgIpc) is 3.19. The molecule has 2 fully saturated rings. The van der Waals surface area contributed by atoms with Crippen molar-refractivity contribution in [1.29, 1.82) is 0 Å². The Morgan fingerprint density at radius 2 is 2.08 bits per heavy atom. The maximum Gasteiger partial charge on any atom is 0.227 e. The van der Waals surface area contributed by atoms with Crippen molar-refractivity contribution < 1.29 is 4.79 Å². The first-order valence-electron chi connectivity index (χ1n) is 10.4. The third-order valence-electron chi connectivity index (χ3n) is 5.95. The molecule has 0 aromatic carbocycles. The number of hydrogen-bond acceptors (Lipinski definition) is 3. The maximum absolute atomic E-state index is 12.7. The van der Waals surface area contributed by atoms with E-state index in [0.29, 0.717) is 11.3 Å². The maximum atomic E-state index is 12.7. The Kier molecular flexibility index (Phi) is 5.75. The molecule has 1 aromatic rings. The van der Waals surface area contributed by atoms with Crippen LogP contribution in [0.2, 0.25) is 0 Å². The van der Waals surface area contributed by atoms with Gasteiger partial charge in [-0.3, -0.25) is 9.69 Å². The molecule has 2 saturated heterocycles. The molecule has 146 valence electrons. The zero-order chi connectivity index (χ0) is 18.8. The molecular formula is C21H36N4O. The first kappa shape index (κ1) is 19.4. The van der Waals surface area contributed by atoms with Crippen molar-refractivity contribution in [1.82, 2.24) is 19.8 Å². The number of imidazole rings is 1. The molecule has 0 unspecified atom stereocenters. The van der Waals surface area contributed by atoms with E-state index in [-0.39, 0.29) is 5.41 Å². The predicted octanol–water partition coefficient (Wildman–Crippen LogP) is 3.61. The summed E-state index contributed by atoms with van der Waals surface area (Å²) in [5.41, 5.74) is 1.25. The van der Waals surface area contributed by atoms with Gasteiger partial charge in [0.15, 0.2) is 0 Å². The standard InChI is InChI=1S/C21H36N4O/c1-5-6-8-18-22-13-17(23-18)14-24-12-10-21(15-24)9-7-11-25(16-21)19(26)20(2,3)4/h13H,5-12,14-16H2,1-4H3,(H,22,23)/t21-/m1/s1. The SMILES string of the molecule is CCCCc1ncc(CN2CC[C@]3(CCCN(C(=O)C(C)(C)C)C3)C2)[nH]1. The lowest BCUT2D eigenvalue weighted by molar-refractivity contribution is -0.143. The van der Waals surface area contributed by atoms with Crippen LogP contribution in [0.1, 0.15) is 71.3 Å². The summed E-state index contributed by atoms with van der Waals surface area (Å²) in [5, 5.41) is 0. The van der Waals surface area contributed by atoms with Gasteiger partial charge in [-0.25, -0.2) is 4.98 Å². The number of rotatable bonds is 5. The smallest absolute Gasteiger partial charge is 0.227 e. The highest BCUT2D eigenvalue weighted by molar-refractivity contribution is 5.81. The van der Waals surface area contributed by atoms with Crippen molar-refractivity contribution in [2.24, 2.45) is 10.8 Å². The van der Waals surface area contributed by atoms with Crippen molar-refractivity contribution in [2.45, 2.75) is 72.8 Å². The number of likely N-dealkylation sites (tertiary alicyclic amines) is 2. The number of amides is 1. The average molecular weight is 361 g/mol. The molecule has 0 saturated carbocycles. The van der Waals surface area contributed by atoms with Gasteiger partial charge < -0.3 is 9.88 Å². The minimum absolute atomic E-state index is 0.276. The van der Waals surface area contributed by atoms with Gasteiger partial charge in [-0.05, 0) is 32.2 Å². The molecule has 5 heteroatoms. The first-order valence-corrected chi connectivity index (χ1v) is 10.4. The van der Waals surface area contributed by atoms with E-state index in [1.165, 1.54) is 31.4 Å². The topological polar surface area (TPSA) is 52.2 Å². The number of hydrogen-bond donors (Lipinski definition) is 1. The van der Waals surface area contributed by atoms with E-state index in [9.17, 15) is 4.79 Å². The summed E-state index contributed by atoms with van der Waals surface area (Å²) in [6.07, 6.45) is 9.04. The summed E-state index contributed by atoms with van der Waals surface area (Å²) in [4.78, 5) is 25.4. The van der Waals surface area contributed by atoms with Crippen molar-refractivity contribution >= 4 is 5.91 Å². The van der Waals surface area contributed by atoms with E-state index < -0.39 is 0 Å². The fraction of sp³-hybridized carbons (Fsp3) is 0.810. The van der Waals surface area contributed by atoms with Gasteiger partial charge in [-0.1, -0.05) is 34.1 Å². The van der Waals surface area contributed by atoms with E-state index in [2.05, 4.69) is 26.7 Å². The number of nitrogens with one attached hydrogen (secondary N) is 1. The number of aryl methyl sites for hydroxylation is 1. The molecule has 0 aliphatic carbocycles. The molecule has 2 aliphatic heterocycles. The fourth-order valence-electron chi connectivity index (χ4n) is 4.55. The highest BCUT2D eigenvalue weighted by atomic mass is 16.2. The monoisotopic (exact) mass is 360 g/mol. The highest BCUT2D eigenvalue weighted by Gasteiger charge is 2.43. The second kappa shape index (κ2) is 7.71. The van der Waals surface area contributed by atoms with Gasteiger partial charge in [0, 0.05) is 55.3 Å². The first-order chi connectivity index (χ1) is 12.3. The Bertz CT molecular complexity index is 618. The van der Waals surface area contributed by atoms with Crippen LogP contribution in [-0.4, -0.2) is 51.9 Å². The Balaban J connectivity index is 1.57. The zero-order valence-electron chi connectivity index (χ0n) is 17.1. The lowest BCUT2D eigenvalue weighted by Crippen LogP contribution is -2.50. The molecule has 1 atom stereocenters. The number of nitrogens with zero attached hydrogens (tertiary/aromatic N) is 3. The van der Waals surface area contributed by atoms with Crippen LogP contribution in [0.5, 0.6) is 0 Å². The number of carbonyl (C=O) groups excluding carboxylic acids is 1. The van der Waals surface area contributed by atoms with Gasteiger partial charge in [-0.2, -0.15) is 0 Å². The molecule has 26 heavy (non-hydrogen) atoms. The number of unbranched alkanes of at least 4 members (excludes halogenated alkanes) is 1. The molecule has 0 radical (unpaired) electrons. The van der Waals surface area contributed by atoms with Crippen molar-refractivity contribution in [2.75, 3.05) is 26.2 Å². The van der Waals surface area contributed by atoms with E-state index in [1.54, 1.807) is 0 Å². The summed E-state index contributed by atoms with van der Waals surface area (Å²) < 4.78 is 0.